The first-order valence-corrected chi connectivity index (χ1v) is 7.36. The number of methoxy groups -OCH3 is 2. The van der Waals surface area contributed by atoms with Crippen molar-refractivity contribution in [3.63, 3.8) is 0 Å². The molecule has 108 valence electrons. The maximum absolute atomic E-state index is 5.64. The van der Waals surface area contributed by atoms with Crippen molar-refractivity contribution in [3.05, 3.63) is 23.8 Å². The van der Waals surface area contributed by atoms with Gasteiger partial charge in [-0.3, -0.25) is 0 Å². The van der Waals surface area contributed by atoms with E-state index >= 15 is 0 Å². The van der Waals surface area contributed by atoms with Gasteiger partial charge in [0.2, 0.25) is 0 Å². The summed E-state index contributed by atoms with van der Waals surface area (Å²) in [4.78, 5) is 0. The zero-order chi connectivity index (χ0) is 13.9. The lowest BCUT2D eigenvalue weighted by Crippen LogP contribution is -2.09. The van der Waals surface area contributed by atoms with Gasteiger partial charge < -0.3 is 18.9 Å². The van der Waals surface area contributed by atoms with Crippen molar-refractivity contribution in [2.75, 3.05) is 40.6 Å². The van der Waals surface area contributed by atoms with Gasteiger partial charge in [-0.1, -0.05) is 22.0 Å². The summed E-state index contributed by atoms with van der Waals surface area (Å²) in [5.74, 6) is 1.49. The van der Waals surface area contributed by atoms with Crippen LogP contribution in [0.4, 0.5) is 0 Å². The highest BCUT2D eigenvalue weighted by Crippen LogP contribution is 2.28. The molecule has 0 radical (unpaired) electrons. The first-order chi connectivity index (χ1) is 9.31. The molecule has 0 heterocycles. The van der Waals surface area contributed by atoms with Crippen LogP contribution < -0.4 is 9.47 Å². The Kier molecular flexibility index (Phi) is 8.62. The molecule has 0 spiro atoms. The lowest BCUT2D eigenvalue weighted by atomic mass is 10.2. The largest absolute Gasteiger partial charge is 0.493 e. The average Bonchev–Trinajstić information content (AvgIpc) is 2.46. The third kappa shape index (κ3) is 6.27. The predicted molar refractivity (Wildman–Crippen MR) is 78.4 cm³/mol. The summed E-state index contributed by atoms with van der Waals surface area (Å²) in [7, 11) is 3.33. The summed E-state index contributed by atoms with van der Waals surface area (Å²) in [6.45, 7) is 2.49. The van der Waals surface area contributed by atoms with Crippen LogP contribution in [0.25, 0.3) is 0 Å². The second-order valence-electron chi connectivity index (χ2n) is 3.93. The Labute approximate surface area is 123 Å². The molecule has 0 aromatic heterocycles. The van der Waals surface area contributed by atoms with Crippen molar-refractivity contribution in [1.29, 1.82) is 0 Å². The van der Waals surface area contributed by atoms with E-state index in [9.17, 15) is 0 Å². The van der Waals surface area contributed by atoms with Gasteiger partial charge in [0.1, 0.15) is 6.61 Å². The molecule has 5 heteroatoms. The van der Waals surface area contributed by atoms with Gasteiger partial charge in [-0.15, -0.1) is 0 Å². The number of benzene rings is 1. The Hall–Kier alpha value is -0.780. The van der Waals surface area contributed by atoms with E-state index in [4.69, 9.17) is 18.9 Å². The van der Waals surface area contributed by atoms with Crippen molar-refractivity contribution in [1.82, 2.24) is 0 Å². The Morgan fingerprint density at radius 3 is 2.53 bits per heavy atom. The third-order valence-electron chi connectivity index (χ3n) is 2.50. The van der Waals surface area contributed by atoms with Crippen molar-refractivity contribution in [3.8, 4) is 11.5 Å². The van der Waals surface area contributed by atoms with Crippen LogP contribution in [0, 0.1) is 0 Å². The molecular formula is C14H21BrO4. The molecule has 19 heavy (non-hydrogen) atoms. The fourth-order valence-electron chi connectivity index (χ4n) is 1.53. The number of hydrogen-bond acceptors (Lipinski definition) is 4. The molecule has 1 rings (SSSR count). The van der Waals surface area contributed by atoms with Crippen molar-refractivity contribution >= 4 is 15.9 Å². The minimum absolute atomic E-state index is 0.511. The molecule has 0 saturated heterocycles. The lowest BCUT2D eigenvalue weighted by molar-refractivity contribution is 0.0799. The second-order valence-corrected chi connectivity index (χ2v) is 4.49. The average molecular weight is 333 g/mol. The van der Waals surface area contributed by atoms with Crippen LogP contribution in [0.5, 0.6) is 11.5 Å². The first-order valence-electron chi connectivity index (χ1n) is 6.24. The normalized spacial score (nSPS) is 10.5. The van der Waals surface area contributed by atoms with E-state index in [2.05, 4.69) is 15.9 Å². The smallest absolute Gasteiger partial charge is 0.161 e. The van der Waals surface area contributed by atoms with E-state index in [0.29, 0.717) is 19.8 Å². The quantitative estimate of drug-likeness (QED) is 0.487. The van der Waals surface area contributed by atoms with Crippen LogP contribution in [-0.4, -0.2) is 40.6 Å². The topological polar surface area (TPSA) is 36.9 Å². The van der Waals surface area contributed by atoms with Crippen LogP contribution in [0.3, 0.4) is 0 Å². The molecule has 0 N–H and O–H groups in total. The summed E-state index contributed by atoms with van der Waals surface area (Å²) in [5, 5.41) is 0.798. The van der Waals surface area contributed by atoms with E-state index in [1.165, 1.54) is 0 Å². The van der Waals surface area contributed by atoms with Crippen LogP contribution >= 0.6 is 15.9 Å². The minimum Gasteiger partial charge on any atom is -0.493 e. The molecule has 1 aromatic carbocycles. The molecule has 0 amide bonds. The molecule has 0 bridgehead atoms. The monoisotopic (exact) mass is 332 g/mol. The highest BCUT2D eigenvalue weighted by atomic mass is 79.9. The predicted octanol–water partition coefficient (Wildman–Crippen LogP) is 3.02. The van der Waals surface area contributed by atoms with Gasteiger partial charge in [0.15, 0.2) is 11.5 Å². The Morgan fingerprint density at radius 1 is 1.00 bits per heavy atom. The Morgan fingerprint density at radius 2 is 1.84 bits per heavy atom. The minimum atomic E-state index is 0.511. The SMILES string of the molecule is COCCCOCCOc1ccc(CBr)cc1OC. The third-order valence-corrected chi connectivity index (χ3v) is 3.15. The molecule has 4 nitrogen and oxygen atoms in total. The van der Waals surface area contributed by atoms with Gasteiger partial charge in [0.25, 0.3) is 0 Å². The van der Waals surface area contributed by atoms with Gasteiger partial charge in [-0.2, -0.15) is 0 Å². The maximum atomic E-state index is 5.64. The fourth-order valence-corrected chi connectivity index (χ4v) is 1.88. The summed E-state index contributed by atoms with van der Waals surface area (Å²) in [6.07, 6.45) is 0.903. The molecule has 0 aliphatic carbocycles. The van der Waals surface area contributed by atoms with Crippen LogP contribution in [-0.2, 0) is 14.8 Å². The first kappa shape index (κ1) is 16.3. The zero-order valence-electron chi connectivity index (χ0n) is 11.5. The van der Waals surface area contributed by atoms with Crippen LogP contribution in [0.15, 0.2) is 18.2 Å². The lowest BCUT2D eigenvalue weighted by Gasteiger charge is -2.11. The standard InChI is InChI=1S/C14H21BrO4/c1-16-6-3-7-18-8-9-19-13-5-4-12(11-15)10-14(13)17-2/h4-5,10H,3,6-9,11H2,1-2H3. The van der Waals surface area contributed by atoms with E-state index in [0.717, 1.165) is 35.4 Å². The molecule has 0 atom stereocenters. The Bertz CT molecular complexity index is 357. The maximum Gasteiger partial charge on any atom is 0.161 e. The zero-order valence-corrected chi connectivity index (χ0v) is 13.1. The van der Waals surface area contributed by atoms with Crippen molar-refractivity contribution in [2.45, 2.75) is 11.8 Å². The van der Waals surface area contributed by atoms with Gasteiger partial charge in [0, 0.05) is 25.7 Å². The molecule has 1 aromatic rings. The highest BCUT2D eigenvalue weighted by molar-refractivity contribution is 9.08. The summed E-state index contributed by atoms with van der Waals surface area (Å²) >= 11 is 3.41. The van der Waals surface area contributed by atoms with Crippen molar-refractivity contribution < 1.29 is 18.9 Å². The summed E-state index contributed by atoms with van der Waals surface area (Å²) in [5.41, 5.74) is 1.15. The summed E-state index contributed by atoms with van der Waals surface area (Å²) in [6, 6.07) is 5.88. The van der Waals surface area contributed by atoms with E-state index in [1.54, 1.807) is 14.2 Å². The second kappa shape index (κ2) is 10.1. The van der Waals surface area contributed by atoms with E-state index in [1.807, 2.05) is 18.2 Å². The van der Waals surface area contributed by atoms with Gasteiger partial charge in [-0.25, -0.2) is 0 Å². The van der Waals surface area contributed by atoms with Gasteiger partial charge >= 0.3 is 0 Å². The Balaban J connectivity index is 2.28. The molecule has 0 aliphatic rings. The highest BCUT2D eigenvalue weighted by Gasteiger charge is 2.05. The fraction of sp³-hybridized carbons (Fsp3) is 0.571. The van der Waals surface area contributed by atoms with E-state index in [-0.39, 0.29) is 0 Å². The number of hydrogen-bond donors (Lipinski definition) is 0. The van der Waals surface area contributed by atoms with E-state index < -0.39 is 0 Å². The van der Waals surface area contributed by atoms with Crippen LogP contribution in [0.1, 0.15) is 12.0 Å². The number of ether oxygens (including phenoxy) is 4. The molecule has 0 unspecified atom stereocenters. The molecule has 0 aliphatic heterocycles. The van der Waals surface area contributed by atoms with Gasteiger partial charge in [0.05, 0.1) is 13.7 Å². The number of alkyl halides is 1. The number of halogens is 1. The number of rotatable bonds is 10. The molecule has 0 saturated carbocycles. The molecule has 0 fully saturated rings. The molecular weight excluding hydrogens is 312 g/mol. The van der Waals surface area contributed by atoms with Gasteiger partial charge in [-0.05, 0) is 24.1 Å². The van der Waals surface area contributed by atoms with Crippen molar-refractivity contribution in [2.24, 2.45) is 0 Å². The van der Waals surface area contributed by atoms with Crippen LogP contribution in [0.2, 0.25) is 0 Å². The summed E-state index contributed by atoms with van der Waals surface area (Å²) < 4.78 is 21.3.